The lowest BCUT2D eigenvalue weighted by atomic mass is 10.0. The van der Waals surface area contributed by atoms with Gasteiger partial charge < -0.3 is 10.2 Å². The van der Waals surface area contributed by atoms with Crippen LogP contribution in [0.1, 0.15) is 36.5 Å². The molecule has 2 amide bonds. The summed E-state index contributed by atoms with van der Waals surface area (Å²) in [6.45, 7) is 2.80. The van der Waals surface area contributed by atoms with E-state index < -0.39 is 28.9 Å². The van der Waals surface area contributed by atoms with Gasteiger partial charge in [0, 0.05) is 25.6 Å². The monoisotopic (exact) mass is 314 g/mol. The number of carbonyl (C=O) groups is 2. The molecule has 1 heterocycles. The second-order valence-corrected chi connectivity index (χ2v) is 5.20. The quantitative estimate of drug-likeness (QED) is 0.870. The van der Waals surface area contributed by atoms with Crippen molar-refractivity contribution in [3.8, 4) is 0 Å². The van der Waals surface area contributed by atoms with Crippen LogP contribution in [0.4, 0.5) is 13.2 Å². The van der Waals surface area contributed by atoms with Gasteiger partial charge in [0.05, 0.1) is 5.56 Å². The molecule has 1 fully saturated rings. The van der Waals surface area contributed by atoms with Crippen LogP contribution in [0.5, 0.6) is 0 Å². The third-order valence-electron chi connectivity index (χ3n) is 3.77. The van der Waals surface area contributed by atoms with E-state index in [-0.39, 0.29) is 11.9 Å². The fourth-order valence-corrected chi connectivity index (χ4v) is 2.46. The maximum atomic E-state index is 13.6. The highest BCUT2D eigenvalue weighted by molar-refractivity contribution is 5.94. The Morgan fingerprint density at radius 1 is 1.18 bits per heavy atom. The average Bonchev–Trinajstić information content (AvgIpc) is 2.52. The van der Waals surface area contributed by atoms with Crippen LogP contribution < -0.4 is 5.32 Å². The first-order valence-electron chi connectivity index (χ1n) is 7.16. The maximum absolute atomic E-state index is 13.6. The van der Waals surface area contributed by atoms with Crippen molar-refractivity contribution in [3.63, 3.8) is 0 Å². The predicted octanol–water partition coefficient (Wildman–Crippen LogP) is 2.23. The number of amides is 2. The number of nitrogens with one attached hydrogen (secondary N) is 1. The van der Waals surface area contributed by atoms with Gasteiger partial charge in [0.15, 0.2) is 17.5 Å². The van der Waals surface area contributed by atoms with Gasteiger partial charge in [-0.1, -0.05) is 6.92 Å². The van der Waals surface area contributed by atoms with Gasteiger partial charge in [0.1, 0.15) is 0 Å². The summed E-state index contributed by atoms with van der Waals surface area (Å²) in [5.41, 5.74) is -0.522. The molecule has 1 aromatic carbocycles. The van der Waals surface area contributed by atoms with E-state index in [1.807, 2.05) is 0 Å². The van der Waals surface area contributed by atoms with Gasteiger partial charge in [-0.15, -0.1) is 0 Å². The number of rotatable bonds is 3. The molecular formula is C15H17F3N2O2. The zero-order valence-electron chi connectivity index (χ0n) is 12.2. The molecule has 7 heteroatoms. The van der Waals surface area contributed by atoms with Crippen LogP contribution in [0, 0.1) is 17.5 Å². The lowest BCUT2D eigenvalue weighted by molar-refractivity contribution is -0.131. The van der Waals surface area contributed by atoms with E-state index in [0.717, 1.165) is 12.1 Å². The number of carbonyl (C=O) groups excluding carboxylic acids is 2. The van der Waals surface area contributed by atoms with Crippen molar-refractivity contribution < 1.29 is 22.8 Å². The van der Waals surface area contributed by atoms with Crippen LogP contribution in [-0.2, 0) is 4.79 Å². The van der Waals surface area contributed by atoms with Gasteiger partial charge >= 0.3 is 0 Å². The summed E-state index contributed by atoms with van der Waals surface area (Å²) in [5.74, 6) is -5.21. The topological polar surface area (TPSA) is 49.4 Å². The number of piperidine rings is 1. The van der Waals surface area contributed by atoms with Gasteiger partial charge in [0.25, 0.3) is 5.91 Å². The first kappa shape index (κ1) is 16.3. The molecule has 120 valence electrons. The number of likely N-dealkylation sites (tertiary alicyclic amines) is 1. The first-order valence-corrected chi connectivity index (χ1v) is 7.16. The van der Waals surface area contributed by atoms with E-state index in [1.165, 1.54) is 0 Å². The van der Waals surface area contributed by atoms with Crippen molar-refractivity contribution in [1.82, 2.24) is 10.2 Å². The molecule has 1 N–H and O–H groups in total. The highest BCUT2D eigenvalue weighted by atomic mass is 19.2. The second kappa shape index (κ2) is 6.81. The van der Waals surface area contributed by atoms with E-state index in [4.69, 9.17) is 0 Å². The van der Waals surface area contributed by atoms with Crippen molar-refractivity contribution in [2.75, 3.05) is 13.1 Å². The summed E-state index contributed by atoms with van der Waals surface area (Å²) in [4.78, 5) is 25.2. The molecule has 0 saturated carbocycles. The molecule has 0 radical (unpaired) electrons. The van der Waals surface area contributed by atoms with Crippen molar-refractivity contribution in [3.05, 3.63) is 35.1 Å². The molecule has 0 aromatic heterocycles. The molecule has 1 aliphatic rings. The zero-order valence-corrected chi connectivity index (χ0v) is 12.2. The van der Waals surface area contributed by atoms with Crippen LogP contribution in [-0.4, -0.2) is 35.8 Å². The van der Waals surface area contributed by atoms with Crippen molar-refractivity contribution in [2.45, 2.75) is 32.2 Å². The van der Waals surface area contributed by atoms with E-state index in [0.29, 0.717) is 32.4 Å². The molecule has 2 rings (SSSR count). The number of nitrogens with zero attached hydrogens (tertiary/aromatic N) is 1. The average molecular weight is 314 g/mol. The standard InChI is InChI=1S/C15H17F3N2O2/c1-2-12(21)20-7-5-9(6-8-20)19-15(22)10-3-4-11(16)14(18)13(10)17/h3-4,9H,2,5-8H2,1H3,(H,19,22). The maximum Gasteiger partial charge on any atom is 0.254 e. The van der Waals surface area contributed by atoms with E-state index >= 15 is 0 Å². The largest absolute Gasteiger partial charge is 0.349 e. The van der Waals surface area contributed by atoms with E-state index in [1.54, 1.807) is 11.8 Å². The third-order valence-corrected chi connectivity index (χ3v) is 3.77. The Kier molecular flexibility index (Phi) is 5.05. The Morgan fingerprint density at radius 2 is 1.82 bits per heavy atom. The minimum Gasteiger partial charge on any atom is -0.349 e. The molecule has 1 aliphatic heterocycles. The van der Waals surface area contributed by atoms with Gasteiger partial charge in [-0.3, -0.25) is 9.59 Å². The van der Waals surface area contributed by atoms with E-state index in [2.05, 4.69) is 5.32 Å². The Balaban J connectivity index is 1.97. The summed E-state index contributed by atoms with van der Waals surface area (Å²) < 4.78 is 39.5. The summed E-state index contributed by atoms with van der Waals surface area (Å²) in [7, 11) is 0. The van der Waals surface area contributed by atoms with Crippen LogP contribution in [0.2, 0.25) is 0 Å². The molecule has 22 heavy (non-hydrogen) atoms. The normalized spacial score (nSPS) is 15.7. The van der Waals surface area contributed by atoms with Crippen molar-refractivity contribution in [2.24, 2.45) is 0 Å². The Morgan fingerprint density at radius 3 is 2.41 bits per heavy atom. The SMILES string of the molecule is CCC(=O)N1CCC(NC(=O)c2ccc(F)c(F)c2F)CC1. The van der Waals surface area contributed by atoms with E-state index in [9.17, 15) is 22.8 Å². The van der Waals surface area contributed by atoms with Crippen LogP contribution in [0.15, 0.2) is 12.1 Å². The molecule has 4 nitrogen and oxygen atoms in total. The highest BCUT2D eigenvalue weighted by Crippen LogP contribution is 2.17. The summed E-state index contributed by atoms with van der Waals surface area (Å²) in [5, 5.41) is 2.59. The number of halogens is 3. The van der Waals surface area contributed by atoms with Gasteiger partial charge in [-0.25, -0.2) is 13.2 Å². The van der Waals surface area contributed by atoms with Crippen LogP contribution >= 0.6 is 0 Å². The Hall–Kier alpha value is -2.05. The second-order valence-electron chi connectivity index (χ2n) is 5.20. The summed E-state index contributed by atoms with van der Waals surface area (Å²) in [6.07, 6.45) is 1.52. The number of hydrogen-bond donors (Lipinski definition) is 1. The minimum absolute atomic E-state index is 0.0522. The third kappa shape index (κ3) is 3.40. The molecular weight excluding hydrogens is 297 g/mol. The molecule has 1 saturated heterocycles. The fraction of sp³-hybridized carbons (Fsp3) is 0.467. The van der Waals surface area contributed by atoms with Gasteiger partial charge in [-0.05, 0) is 25.0 Å². The predicted molar refractivity (Wildman–Crippen MR) is 73.7 cm³/mol. The van der Waals surface area contributed by atoms with Gasteiger partial charge in [0.2, 0.25) is 5.91 Å². The lowest BCUT2D eigenvalue weighted by Crippen LogP contribution is -2.46. The molecule has 0 bridgehead atoms. The smallest absolute Gasteiger partial charge is 0.254 e. The molecule has 1 aromatic rings. The first-order chi connectivity index (χ1) is 10.4. The Bertz CT molecular complexity index is 584. The molecule has 0 unspecified atom stereocenters. The number of benzene rings is 1. The summed E-state index contributed by atoms with van der Waals surface area (Å²) in [6, 6.07) is 1.41. The fourth-order valence-electron chi connectivity index (χ4n) is 2.46. The van der Waals surface area contributed by atoms with Crippen molar-refractivity contribution >= 4 is 11.8 Å². The Labute approximate surface area is 126 Å². The zero-order chi connectivity index (χ0) is 16.3. The minimum atomic E-state index is -1.66. The van der Waals surface area contributed by atoms with Crippen LogP contribution in [0.25, 0.3) is 0 Å². The molecule has 0 spiro atoms. The molecule has 0 atom stereocenters. The van der Waals surface area contributed by atoms with Crippen molar-refractivity contribution in [1.29, 1.82) is 0 Å². The van der Waals surface area contributed by atoms with Crippen LogP contribution in [0.3, 0.4) is 0 Å². The number of hydrogen-bond acceptors (Lipinski definition) is 2. The molecule has 0 aliphatic carbocycles. The lowest BCUT2D eigenvalue weighted by Gasteiger charge is -2.32. The highest BCUT2D eigenvalue weighted by Gasteiger charge is 2.25. The van der Waals surface area contributed by atoms with Gasteiger partial charge in [-0.2, -0.15) is 0 Å². The summed E-state index contributed by atoms with van der Waals surface area (Å²) >= 11 is 0.